The quantitative estimate of drug-likeness (QED) is 0.125. The Kier molecular flexibility index (Phi) is 10.9. The number of carboxylic acids is 1. The molecule has 1 aromatic rings. The number of aromatic amines is 1. The Labute approximate surface area is 188 Å². The topological polar surface area (TPSA) is 263 Å². The van der Waals surface area contributed by atoms with Crippen LogP contribution in [0.25, 0.3) is 0 Å². The van der Waals surface area contributed by atoms with Gasteiger partial charge in [-0.2, -0.15) is 0 Å². The molecule has 1 heterocycles. The first kappa shape index (κ1) is 27.5. The third-order valence-electron chi connectivity index (χ3n) is 4.50. The van der Waals surface area contributed by atoms with E-state index in [1.54, 1.807) is 0 Å². The maximum atomic E-state index is 12.7. The molecular formula is C18H29N7O8. The Morgan fingerprint density at radius 3 is 2.21 bits per heavy atom. The van der Waals surface area contributed by atoms with Crippen LogP contribution in [-0.4, -0.2) is 91.8 Å². The largest absolute Gasteiger partial charge is 0.480 e. The van der Waals surface area contributed by atoms with Crippen molar-refractivity contribution in [2.75, 3.05) is 6.61 Å². The first-order valence-corrected chi connectivity index (χ1v) is 9.90. The molecule has 0 aliphatic heterocycles. The molecule has 15 nitrogen and oxygen atoms in total. The molecule has 0 fully saturated rings. The number of aliphatic hydroxyl groups is 2. The summed E-state index contributed by atoms with van der Waals surface area (Å²) in [6, 6.07) is -5.72. The van der Waals surface area contributed by atoms with Gasteiger partial charge in [-0.3, -0.25) is 19.2 Å². The number of aliphatic carboxylic acids is 1. The monoisotopic (exact) mass is 471 g/mol. The van der Waals surface area contributed by atoms with Gasteiger partial charge in [-0.15, -0.1) is 0 Å². The van der Waals surface area contributed by atoms with Crippen LogP contribution < -0.4 is 27.4 Å². The molecule has 0 spiro atoms. The minimum absolute atomic E-state index is 0.136. The molecule has 0 saturated heterocycles. The molecule has 0 radical (unpaired) electrons. The lowest BCUT2D eigenvalue weighted by Gasteiger charge is -2.26. The van der Waals surface area contributed by atoms with Gasteiger partial charge in [0, 0.05) is 24.7 Å². The summed E-state index contributed by atoms with van der Waals surface area (Å²) in [5, 5.41) is 34.9. The third kappa shape index (κ3) is 9.22. The van der Waals surface area contributed by atoms with Crippen LogP contribution in [0.1, 0.15) is 25.5 Å². The van der Waals surface area contributed by atoms with Crippen molar-refractivity contribution in [2.24, 2.45) is 11.5 Å². The number of carboxylic acid groups (broad SMARTS) is 1. The van der Waals surface area contributed by atoms with Crippen molar-refractivity contribution in [1.29, 1.82) is 0 Å². The van der Waals surface area contributed by atoms with Gasteiger partial charge in [-0.05, 0) is 13.3 Å². The lowest BCUT2D eigenvalue weighted by molar-refractivity contribution is -0.142. The van der Waals surface area contributed by atoms with Crippen molar-refractivity contribution < 1.29 is 39.3 Å². The predicted octanol–water partition coefficient (Wildman–Crippen LogP) is -4.54. The minimum Gasteiger partial charge on any atom is -0.480 e. The molecule has 0 saturated carbocycles. The zero-order chi connectivity index (χ0) is 25.1. The number of imidazole rings is 1. The number of hydrogen-bond donors (Lipinski definition) is 9. The highest BCUT2D eigenvalue weighted by Gasteiger charge is 2.32. The molecule has 33 heavy (non-hydrogen) atoms. The van der Waals surface area contributed by atoms with E-state index in [-0.39, 0.29) is 19.3 Å². The second-order valence-corrected chi connectivity index (χ2v) is 7.26. The van der Waals surface area contributed by atoms with Crippen LogP contribution >= 0.6 is 0 Å². The molecule has 15 heteroatoms. The van der Waals surface area contributed by atoms with Gasteiger partial charge in [0.05, 0.1) is 19.0 Å². The summed E-state index contributed by atoms with van der Waals surface area (Å²) >= 11 is 0. The molecule has 0 aliphatic carbocycles. The number of carbonyl (C=O) groups excluding carboxylic acids is 4. The van der Waals surface area contributed by atoms with Crippen molar-refractivity contribution in [3.8, 4) is 0 Å². The van der Waals surface area contributed by atoms with E-state index in [2.05, 4.69) is 25.9 Å². The number of nitrogens with zero attached hydrogens (tertiary/aromatic N) is 1. The Balaban J connectivity index is 2.97. The molecular weight excluding hydrogens is 442 g/mol. The van der Waals surface area contributed by atoms with E-state index in [1.807, 2.05) is 0 Å². The summed E-state index contributed by atoms with van der Waals surface area (Å²) in [6.45, 7) is 0.481. The Bertz CT molecular complexity index is 830. The lowest BCUT2D eigenvalue weighted by atomic mass is 10.1. The second-order valence-electron chi connectivity index (χ2n) is 7.26. The van der Waals surface area contributed by atoms with Gasteiger partial charge in [0.2, 0.25) is 23.6 Å². The summed E-state index contributed by atoms with van der Waals surface area (Å²) in [7, 11) is 0. The van der Waals surface area contributed by atoms with Gasteiger partial charge >= 0.3 is 5.97 Å². The number of amides is 4. The molecule has 0 aromatic carbocycles. The number of aliphatic hydroxyl groups excluding tert-OH is 2. The van der Waals surface area contributed by atoms with Crippen molar-refractivity contribution in [2.45, 2.75) is 56.5 Å². The Morgan fingerprint density at radius 1 is 1.09 bits per heavy atom. The Hall–Kier alpha value is -3.56. The van der Waals surface area contributed by atoms with Crippen LogP contribution in [0.4, 0.5) is 0 Å². The number of hydrogen-bond acceptors (Lipinski definition) is 9. The van der Waals surface area contributed by atoms with E-state index in [9.17, 15) is 34.2 Å². The standard InChI is InChI=1S/C18H29N7O8/c1-8(27)14(25-15(29)10(19)6-26)17(31)23-11(2-3-13(20)28)16(30)24-12(18(32)33)4-9-5-21-7-22-9/h5,7-8,10-12,14,26-27H,2-4,6,19H2,1H3,(H2,20,28)(H,21,22)(H,23,31)(H,24,30)(H,25,29)(H,32,33). The fourth-order valence-electron chi connectivity index (χ4n) is 2.65. The first-order chi connectivity index (χ1) is 15.5. The van der Waals surface area contributed by atoms with Gasteiger partial charge in [-0.25, -0.2) is 9.78 Å². The van der Waals surface area contributed by atoms with Crippen molar-refractivity contribution in [1.82, 2.24) is 25.9 Å². The Morgan fingerprint density at radius 2 is 1.73 bits per heavy atom. The zero-order valence-corrected chi connectivity index (χ0v) is 17.9. The summed E-state index contributed by atoms with van der Waals surface area (Å²) in [4.78, 5) is 66.5. The molecule has 5 atom stereocenters. The summed E-state index contributed by atoms with van der Waals surface area (Å²) in [5.74, 6) is -5.00. The van der Waals surface area contributed by atoms with Gasteiger partial charge in [-0.1, -0.05) is 0 Å². The molecule has 4 amide bonds. The fourth-order valence-corrected chi connectivity index (χ4v) is 2.65. The van der Waals surface area contributed by atoms with Crippen LogP contribution in [0.5, 0.6) is 0 Å². The van der Waals surface area contributed by atoms with E-state index in [1.165, 1.54) is 19.4 Å². The van der Waals surface area contributed by atoms with Gasteiger partial charge in [0.1, 0.15) is 24.2 Å². The number of H-pyrrole nitrogens is 1. The smallest absolute Gasteiger partial charge is 0.326 e. The number of rotatable bonds is 14. The maximum Gasteiger partial charge on any atom is 0.326 e. The average Bonchev–Trinajstić information content (AvgIpc) is 3.25. The van der Waals surface area contributed by atoms with Crippen molar-refractivity contribution in [3.63, 3.8) is 0 Å². The number of carbonyl (C=O) groups is 5. The van der Waals surface area contributed by atoms with Crippen LogP contribution in [0.2, 0.25) is 0 Å². The minimum atomic E-state index is -1.56. The fraction of sp³-hybridized carbons (Fsp3) is 0.556. The maximum absolute atomic E-state index is 12.7. The second kappa shape index (κ2) is 13.1. The predicted molar refractivity (Wildman–Crippen MR) is 111 cm³/mol. The molecule has 0 bridgehead atoms. The molecule has 1 rings (SSSR count). The van der Waals surface area contributed by atoms with Gasteiger partial charge in [0.25, 0.3) is 0 Å². The summed E-state index contributed by atoms with van der Waals surface area (Å²) in [6.07, 6.45) is 0.549. The highest BCUT2D eigenvalue weighted by atomic mass is 16.4. The van der Waals surface area contributed by atoms with E-state index >= 15 is 0 Å². The van der Waals surface area contributed by atoms with E-state index in [0.717, 1.165) is 0 Å². The third-order valence-corrected chi connectivity index (χ3v) is 4.50. The molecule has 0 aliphatic rings. The van der Waals surface area contributed by atoms with E-state index in [0.29, 0.717) is 5.69 Å². The van der Waals surface area contributed by atoms with E-state index in [4.69, 9.17) is 16.6 Å². The normalized spacial score (nSPS) is 15.4. The van der Waals surface area contributed by atoms with Gasteiger partial charge < -0.3 is 47.7 Å². The van der Waals surface area contributed by atoms with Crippen molar-refractivity contribution >= 4 is 29.6 Å². The number of aromatic nitrogens is 2. The van der Waals surface area contributed by atoms with Crippen LogP contribution in [0.15, 0.2) is 12.5 Å². The zero-order valence-electron chi connectivity index (χ0n) is 17.9. The summed E-state index contributed by atoms with van der Waals surface area (Å²) in [5.41, 5.74) is 10.9. The van der Waals surface area contributed by atoms with Gasteiger partial charge in [0.15, 0.2) is 0 Å². The molecule has 1 aromatic heterocycles. The molecule has 11 N–H and O–H groups in total. The number of nitrogens with two attached hydrogens (primary N) is 2. The van der Waals surface area contributed by atoms with Crippen molar-refractivity contribution in [3.05, 3.63) is 18.2 Å². The average molecular weight is 471 g/mol. The highest BCUT2D eigenvalue weighted by Crippen LogP contribution is 2.04. The lowest BCUT2D eigenvalue weighted by Crippen LogP contribution is -2.60. The van der Waals surface area contributed by atoms with Crippen LogP contribution in [0.3, 0.4) is 0 Å². The summed E-state index contributed by atoms with van der Waals surface area (Å²) < 4.78 is 0. The van der Waals surface area contributed by atoms with Crippen LogP contribution in [-0.2, 0) is 30.4 Å². The number of nitrogens with one attached hydrogen (secondary N) is 4. The molecule has 5 unspecified atom stereocenters. The first-order valence-electron chi connectivity index (χ1n) is 9.90. The highest BCUT2D eigenvalue weighted by molar-refractivity contribution is 5.94. The van der Waals surface area contributed by atoms with Crippen LogP contribution in [0, 0.1) is 0 Å². The number of primary amides is 1. The SMILES string of the molecule is CC(O)C(NC(=O)C(N)CO)C(=O)NC(CCC(N)=O)C(=O)NC(Cc1cnc[nH]1)C(=O)O. The van der Waals surface area contributed by atoms with E-state index < -0.39 is 66.5 Å². The molecule has 184 valence electrons.